The zero-order valence-corrected chi connectivity index (χ0v) is 10.3. The molecule has 2 rings (SSSR count). The largest absolute Gasteiger partial charge is 0.478 e. The van der Waals surface area contributed by atoms with E-state index in [1.807, 2.05) is 0 Å². The van der Waals surface area contributed by atoms with E-state index in [9.17, 15) is 9.90 Å². The van der Waals surface area contributed by atoms with Crippen LogP contribution in [0.15, 0.2) is 16.7 Å². The minimum Gasteiger partial charge on any atom is -0.478 e. The van der Waals surface area contributed by atoms with Gasteiger partial charge in [-0.05, 0) is 37.3 Å². The molecule has 1 aromatic heterocycles. The summed E-state index contributed by atoms with van der Waals surface area (Å²) in [6.45, 7) is 1.46. The van der Waals surface area contributed by atoms with Gasteiger partial charge in [0.1, 0.15) is 11.3 Å². The Morgan fingerprint density at radius 2 is 2.22 bits per heavy atom. The van der Waals surface area contributed by atoms with Crippen LogP contribution in [-0.2, 0) is 6.54 Å². The number of hydrogen-bond acceptors (Lipinski definition) is 4. The van der Waals surface area contributed by atoms with Crippen molar-refractivity contribution in [3.8, 4) is 0 Å². The molecule has 0 bridgehead atoms. The van der Waals surface area contributed by atoms with Crippen molar-refractivity contribution in [1.29, 1.82) is 0 Å². The van der Waals surface area contributed by atoms with Gasteiger partial charge in [0.15, 0.2) is 0 Å². The highest BCUT2D eigenvalue weighted by atomic mass is 16.4. The van der Waals surface area contributed by atoms with Crippen molar-refractivity contribution in [3.63, 3.8) is 0 Å². The summed E-state index contributed by atoms with van der Waals surface area (Å²) in [6, 6.07) is 1.46. The van der Waals surface area contributed by atoms with Crippen LogP contribution in [0.2, 0.25) is 0 Å². The highest BCUT2D eigenvalue weighted by Gasteiger charge is 2.26. The summed E-state index contributed by atoms with van der Waals surface area (Å²) in [6.07, 6.45) is 4.78. The van der Waals surface area contributed by atoms with E-state index in [4.69, 9.17) is 9.52 Å². The molecule has 5 heteroatoms. The van der Waals surface area contributed by atoms with E-state index in [-0.39, 0.29) is 12.2 Å². The Hall–Kier alpha value is -1.33. The zero-order valence-electron chi connectivity index (χ0n) is 10.3. The third kappa shape index (κ3) is 2.91. The lowest BCUT2D eigenvalue weighted by molar-refractivity contribution is 0.0694. The normalized spacial score (nSPS) is 23.4. The monoisotopic (exact) mass is 253 g/mol. The zero-order chi connectivity index (χ0) is 13.0. The summed E-state index contributed by atoms with van der Waals surface area (Å²) in [5.41, 5.74) is 0.215. The number of rotatable bonds is 6. The molecular formula is C13H19NO4. The predicted molar refractivity (Wildman–Crippen MR) is 65.3 cm³/mol. The number of furan rings is 1. The fourth-order valence-electron chi connectivity index (χ4n) is 2.66. The fraction of sp³-hybridized carbons (Fsp3) is 0.615. The van der Waals surface area contributed by atoms with E-state index in [1.54, 1.807) is 0 Å². The van der Waals surface area contributed by atoms with Crippen LogP contribution < -0.4 is 5.32 Å². The second-order valence-electron chi connectivity index (χ2n) is 4.83. The van der Waals surface area contributed by atoms with Gasteiger partial charge in [0.2, 0.25) is 0 Å². The van der Waals surface area contributed by atoms with Crippen molar-refractivity contribution in [2.45, 2.75) is 25.8 Å². The Balaban J connectivity index is 1.81. The maximum atomic E-state index is 10.9. The molecular weight excluding hydrogens is 234 g/mol. The van der Waals surface area contributed by atoms with E-state index in [0.717, 1.165) is 19.4 Å². The Bertz CT molecular complexity index is 401. The first-order valence-corrected chi connectivity index (χ1v) is 6.33. The van der Waals surface area contributed by atoms with Crippen LogP contribution in [-0.4, -0.2) is 29.3 Å². The highest BCUT2D eigenvalue weighted by molar-refractivity contribution is 5.88. The lowest BCUT2D eigenvalue weighted by atomic mass is 9.97. The first kappa shape index (κ1) is 13.1. The SMILES string of the molecule is O=C(O)c1ccoc1CNCC1CCCC1CO. The van der Waals surface area contributed by atoms with Gasteiger partial charge in [-0.15, -0.1) is 0 Å². The number of carbonyl (C=O) groups is 1. The number of aliphatic hydroxyl groups excluding tert-OH is 1. The minimum atomic E-state index is -0.963. The van der Waals surface area contributed by atoms with Gasteiger partial charge in [-0.3, -0.25) is 0 Å². The summed E-state index contributed by atoms with van der Waals surface area (Å²) in [5.74, 6) is 0.363. The van der Waals surface area contributed by atoms with Crippen LogP contribution in [0.5, 0.6) is 0 Å². The smallest absolute Gasteiger partial charge is 0.339 e. The van der Waals surface area contributed by atoms with Gasteiger partial charge >= 0.3 is 5.97 Å². The molecule has 0 saturated heterocycles. The Morgan fingerprint density at radius 1 is 1.44 bits per heavy atom. The predicted octanol–water partition coefficient (Wildman–Crippen LogP) is 1.48. The third-order valence-corrected chi connectivity index (χ3v) is 3.72. The number of aromatic carboxylic acids is 1. The number of aliphatic hydroxyl groups is 1. The summed E-state index contributed by atoms with van der Waals surface area (Å²) in [7, 11) is 0. The minimum absolute atomic E-state index is 0.215. The summed E-state index contributed by atoms with van der Waals surface area (Å²) >= 11 is 0. The second-order valence-corrected chi connectivity index (χ2v) is 4.83. The average Bonchev–Trinajstić information content (AvgIpc) is 2.97. The third-order valence-electron chi connectivity index (χ3n) is 3.72. The van der Waals surface area contributed by atoms with Gasteiger partial charge in [-0.2, -0.15) is 0 Å². The van der Waals surface area contributed by atoms with Crippen LogP contribution in [0.1, 0.15) is 35.4 Å². The summed E-state index contributed by atoms with van der Waals surface area (Å²) in [5, 5.41) is 21.4. The molecule has 1 saturated carbocycles. The Morgan fingerprint density at radius 3 is 2.94 bits per heavy atom. The van der Waals surface area contributed by atoms with Crippen LogP contribution >= 0.6 is 0 Å². The molecule has 0 aromatic carbocycles. The van der Waals surface area contributed by atoms with Crippen molar-refractivity contribution in [3.05, 3.63) is 23.7 Å². The molecule has 0 amide bonds. The van der Waals surface area contributed by atoms with Crippen molar-refractivity contribution >= 4 is 5.97 Å². The number of carboxylic acid groups (broad SMARTS) is 1. The van der Waals surface area contributed by atoms with Crippen molar-refractivity contribution < 1.29 is 19.4 Å². The molecule has 2 unspecified atom stereocenters. The molecule has 3 N–H and O–H groups in total. The fourth-order valence-corrected chi connectivity index (χ4v) is 2.66. The van der Waals surface area contributed by atoms with Crippen LogP contribution in [0.25, 0.3) is 0 Å². The van der Waals surface area contributed by atoms with Crippen molar-refractivity contribution in [1.82, 2.24) is 5.32 Å². The maximum absolute atomic E-state index is 10.9. The molecule has 1 heterocycles. The van der Waals surface area contributed by atoms with Gasteiger partial charge in [0, 0.05) is 6.61 Å². The average molecular weight is 253 g/mol. The molecule has 100 valence electrons. The first-order chi connectivity index (χ1) is 8.72. The highest BCUT2D eigenvalue weighted by Crippen LogP contribution is 2.30. The second kappa shape index (κ2) is 6.02. The Labute approximate surface area is 106 Å². The number of hydrogen-bond donors (Lipinski definition) is 3. The van der Waals surface area contributed by atoms with Crippen molar-refractivity contribution in [2.75, 3.05) is 13.2 Å². The summed E-state index contributed by atoms with van der Waals surface area (Å²) in [4.78, 5) is 10.9. The van der Waals surface area contributed by atoms with E-state index in [2.05, 4.69) is 5.32 Å². The molecule has 0 spiro atoms. The van der Waals surface area contributed by atoms with Crippen molar-refractivity contribution in [2.24, 2.45) is 11.8 Å². The van der Waals surface area contributed by atoms with Gasteiger partial charge in [-0.25, -0.2) is 4.79 Å². The van der Waals surface area contributed by atoms with Crippen LogP contribution in [0, 0.1) is 11.8 Å². The molecule has 1 aliphatic rings. The molecule has 18 heavy (non-hydrogen) atoms. The molecule has 2 atom stereocenters. The quantitative estimate of drug-likeness (QED) is 0.715. The molecule has 1 aliphatic carbocycles. The van der Waals surface area contributed by atoms with Gasteiger partial charge in [0.25, 0.3) is 0 Å². The number of carboxylic acids is 1. The first-order valence-electron chi connectivity index (χ1n) is 6.33. The van der Waals surface area contributed by atoms with E-state index >= 15 is 0 Å². The molecule has 1 fully saturated rings. The lowest BCUT2D eigenvalue weighted by Gasteiger charge is -2.17. The van der Waals surface area contributed by atoms with Crippen LogP contribution in [0.4, 0.5) is 0 Å². The molecule has 5 nitrogen and oxygen atoms in total. The van der Waals surface area contributed by atoms with Gasteiger partial charge < -0.3 is 19.9 Å². The standard InChI is InChI=1S/C13H19NO4/c15-8-10-3-1-2-9(10)6-14-7-12-11(13(16)17)4-5-18-12/h4-5,9-10,14-15H,1-3,6-8H2,(H,16,17). The van der Waals surface area contributed by atoms with E-state index in [1.165, 1.54) is 18.8 Å². The maximum Gasteiger partial charge on any atom is 0.339 e. The van der Waals surface area contributed by atoms with E-state index < -0.39 is 5.97 Å². The van der Waals surface area contributed by atoms with Crippen LogP contribution in [0.3, 0.4) is 0 Å². The summed E-state index contributed by atoms with van der Waals surface area (Å²) < 4.78 is 5.15. The molecule has 1 aromatic rings. The Kier molecular flexibility index (Phi) is 4.38. The van der Waals surface area contributed by atoms with E-state index in [0.29, 0.717) is 24.1 Å². The lowest BCUT2D eigenvalue weighted by Crippen LogP contribution is -2.26. The molecule has 0 radical (unpaired) electrons. The topological polar surface area (TPSA) is 82.7 Å². The molecule has 0 aliphatic heterocycles. The van der Waals surface area contributed by atoms with Gasteiger partial charge in [-0.1, -0.05) is 6.42 Å². The van der Waals surface area contributed by atoms with Gasteiger partial charge in [0.05, 0.1) is 12.8 Å². The number of nitrogens with one attached hydrogen (secondary N) is 1.